The van der Waals surface area contributed by atoms with E-state index in [2.05, 4.69) is 11.7 Å². The Morgan fingerprint density at radius 1 is 1.60 bits per heavy atom. The molecule has 0 aliphatic rings. The van der Waals surface area contributed by atoms with Crippen LogP contribution in [0.25, 0.3) is 18.6 Å². The fourth-order valence-corrected chi connectivity index (χ4v) is 1.48. The molecular formula is C11H12FN3. The van der Waals surface area contributed by atoms with Gasteiger partial charge in [-0.15, -0.1) is 0 Å². The predicted molar refractivity (Wildman–Crippen MR) is 57.6 cm³/mol. The number of aryl methyl sites for hydroxylation is 1. The first-order valence-electron chi connectivity index (χ1n) is 4.75. The van der Waals surface area contributed by atoms with Crippen molar-refractivity contribution < 1.29 is 4.39 Å². The van der Waals surface area contributed by atoms with Crippen molar-refractivity contribution in [2.75, 3.05) is 0 Å². The molecule has 0 atom stereocenters. The minimum absolute atomic E-state index is 0.464. The highest BCUT2D eigenvalue weighted by molar-refractivity contribution is 5.30. The molecule has 0 amide bonds. The molecule has 15 heavy (non-hydrogen) atoms. The summed E-state index contributed by atoms with van der Waals surface area (Å²) in [5.74, 6) is 0. The van der Waals surface area contributed by atoms with Crippen LogP contribution in [0.1, 0.15) is 6.92 Å². The highest BCUT2D eigenvalue weighted by atomic mass is 19.1. The topological polar surface area (TPSA) is 22.8 Å². The van der Waals surface area contributed by atoms with Crippen molar-refractivity contribution in [3.05, 3.63) is 35.2 Å². The maximum atomic E-state index is 12.6. The van der Waals surface area contributed by atoms with Crippen LogP contribution in [0.15, 0.2) is 24.7 Å². The summed E-state index contributed by atoms with van der Waals surface area (Å²) in [5, 5.41) is 5.27. The van der Waals surface area contributed by atoms with E-state index in [0.717, 1.165) is 12.2 Å². The van der Waals surface area contributed by atoms with Crippen LogP contribution in [0, 0.1) is 0 Å². The van der Waals surface area contributed by atoms with Gasteiger partial charge < -0.3 is 4.57 Å². The average Bonchev–Trinajstić information content (AvgIpc) is 2.83. The molecule has 3 nitrogen and oxygen atoms in total. The second kappa shape index (κ2) is 3.73. The number of rotatable bonds is 2. The molecular weight excluding hydrogens is 193 g/mol. The number of halogens is 1. The first-order chi connectivity index (χ1) is 7.26. The predicted octanol–water partition coefficient (Wildman–Crippen LogP) is 0.811. The Balaban J connectivity index is 2.59. The molecule has 2 aromatic rings. The lowest BCUT2D eigenvalue weighted by atomic mass is 10.5. The van der Waals surface area contributed by atoms with E-state index in [1.165, 1.54) is 0 Å². The molecule has 0 fully saturated rings. The largest absolute Gasteiger partial charge is 0.312 e. The highest BCUT2D eigenvalue weighted by Gasteiger charge is 2.01. The molecule has 0 spiro atoms. The van der Waals surface area contributed by atoms with Crippen LogP contribution in [-0.4, -0.2) is 14.3 Å². The zero-order valence-electron chi connectivity index (χ0n) is 8.52. The molecule has 0 aliphatic carbocycles. The fraction of sp³-hybridized carbons (Fsp3) is 0.182. The van der Waals surface area contributed by atoms with E-state index in [-0.39, 0.29) is 0 Å². The minimum Gasteiger partial charge on any atom is -0.312 e. The lowest BCUT2D eigenvalue weighted by Gasteiger charge is -1.97. The fourth-order valence-electron chi connectivity index (χ4n) is 1.48. The van der Waals surface area contributed by atoms with E-state index >= 15 is 0 Å². The van der Waals surface area contributed by atoms with Gasteiger partial charge in [-0.3, -0.25) is 4.68 Å². The Hall–Kier alpha value is -1.84. The first kappa shape index (κ1) is 9.71. The Kier molecular flexibility index (Phi) is 2.41. The van der Waals surface area contributed by atoms with Crippen LogP contribution in [0.4, 0.5) is 4.39 Å². The zero-order chi connectivity index (χ0) is 10.8. The first-order valence-corrected chi connectivity index (χ1v) is 4.75. The summed E-state index contributed by atoms with van der Waals surface area (Å²) in [6, 6.07) is 1.77. The normalized spacial score (nSPS) is 12.3. The number of hydrogen-bond acceptors (Lipinski definition) is 1. The average molecular weight is 205 g/mol. The van der Waals surface area contributed by atoms with Gasteiger partial charge in [0.05, 0.1) is 17.2 Å². The molecule has 0 bridgehead atoms. The van der Waals surface area contributed by atoms with Crippen LogP contribution in [0.5, 0.6) is 0 Å². The molecule has 0 saturated heterocycles. The van der Waals surface area contributed by atoms with Crippen molar-refractivity contribution in [3.63, 3.8) is 0 Å². The van der Waals surface area contributed by atoms with Gasteiger partial charge in [0.15, 0.2) is 0 Å². The van der Waals surface area contributed by atoms with E-state index in [1.807, 2.05) is 13.1 Å². The van der Waals surface area contributed by atoms with Crippen molar-refractivity contribution in [1.82, 2.24) is 14.3 Å². The van der Waals surface area contributed by atoms with Crippen LogP contribution in [0.3, 0.4) is 0 Å². The van der Waals surface area contributed by atoms with E-state index in [4.69, 9.17) is 0 Å². The number of aromatic nitrogens is 3. The van der Waals surface area contributed by atoms with Crippen LogP contribution in [-0.2, 0) is 6.54 Å². The summed E-state index contributed by atoms with van der Waals surface area (Å²) in [6.45, 7) is 6.55. The smallest absolute Gasteiger partial charge is 0.111 e. The van der Waals surface area contributed by atoms with E-state index in [9.17, 15) is 4.39 Å². The van der Waals surface area contributed by atoms with E-state index < -0.39 is 0 Å². The van der Waals surface area contributed by atoms with Gasteiger partial charge >= 0.3 is 0 Å². The molecule has 2 aromatic heterocycles. The Labute approximate surface area is 86.8 Å². The lowest BCUT2D eigenvalue weighted by molar-refractivity contribution is 0.659. The molecule has 0 saturated carbocycles. The third-order valence-corrected chi connectivity index (χ3v) is 2.34. The standard InChI is InChI=1S/C11H12FN3/c1-3-14-8-10(7-13-14)15-5-4-9(2)11(15)6-12/h4-8H,2-3H2,1H3/b11-6-. The van der Waals surface area contributed by atoms with Gasteiger partial charge in [-0.1, -0.05) is 6.58 Å². The van der Waals surface area contributed by atoms with Gasteiger partial charge in [-0.2, -0.15) is 5.10 Å². The molecule has 0 radical (unpaired) electrons. The maximum absolute atomic E-state index is 12.6. The Morgan fingerprint density at radius 2 is 2.40 bits per heavy atom. The van der Waals surface area contributed by atoms with E-state index in [0.29, 0.717) is 16.9 Å². The molecule has 2 rings (SSSR count). The number of nitrogens with zero attached hydrogens (tertiary/aromatic N) is 3. The molecule has 2 heterocycles. The molecule has 0 aliphatic heterocycles. The maximum Gasteiger partial charge on any atom is 0.111 e. The third kappa shape index (κ3) is 1.58. The van der Waals surface area contributed by atoms with Crippen LogP contribution in [0.2, 0.25) is 0 Å². The van der Waals surface area contributed by atoms with Crippen molar-refractivity contribution in [2.45, 2.75) is 13.5 Å². The summed E-state index contributed by atoms with van der Waals surface area (Å²) in [6.07, 6.45) is 5.92. The quantitative estimate of drug-likeness (QED) is 0.711. The molecule has 78 valence electrons. The molecule has 0 unspecified atom stereocenters. The van der Waals surface area contributed by atoms with E-state index in [1.54, 1.807) is 27.7 Å². The van der Waals surface area contributed by atoms with Gasteiger partial charge in [0.2, 0.25) is 0 Å². The van der Waals surface area contributed by atoms with Gasteiger partial charge in [0.25, 0.3) is 0 Å². The third-order valence-electron chi connectivity index (χ3n) is 2.34. The van der Waals surface area contributed by atoms with Crippen LogP contribution < -0.4 is 10.6 Å². The van der Waals surface area contributed by atoms with Gasteiger partial charge in [-0.05, 0) is 18.2 Å². The monoisotopic (exact) mass is 205 g/mol. The lowest BCUT2D eigenvalue weighted by Crippen LogP contribution is -2.25. The summed E-state index contributed by atoms with van der Waals surface area (Å²) in [5.41, 5.74) is 0.843. The minimum atomic E-state index is 0.464. The van der Waals surface area contributed by atoms with Gasteiger partial charge in [0, 0.05) is 18.9 Å². The SMILES string of the molecule is C=c1ccn(-c2cnn(CC)c2)/c1=C\F. The summed E-state index contributed by atoms with van der Waals surface area (Å²) in [4.78, 5) is 0. The summed E-state index contributed by atoms with van der Waals surface area (Å²) in [7, 11) is 0. The Bertz CT molecular complexity index is 565. The van der Waals surface area contributed by atoms with Crippen molar-refractivity contribution in [1.29, 1.82) is 0 Å². The summed E-state index contributed by atoms with van der Waals surface area (Å²) < 4.78 is 16.2. The van der Waals surface area contributed by atoms with Crippen LogP contribution >= 0.6 is 0 Å². The van der Waals surface area contributed by atoms with Gasteiger partial charge in [0.1, 0.15) is 6.33 Å². The Morgan fingerprint density at radius 3 is 3.00 bits per heavy atom. The summed E-state index contributed by atoms with van der Waals surface area (Å²) >= 11 is 0. The van der Waals surface area contributed by atoms with Crippen molar-refractivity contribution in [2.24, 2.45) is 0 Å². The second-order valence-electron chi connectivity index (χ2n) is 3.26. The second-order valence-corrected chi connectivity index (χ2v) is 3.26. The van der Waals surface area contributed by atoms with Gasteiger partial charge in [-0.25, -0.2) is 4.39 Å². The number of hydrogen-bond donors (Lipinski definition) is 0. The van der Waals surface area contributed by atoms with Crippen molar-refractivity contribution in [3.8, 4) is 5.69 Å². The van der Waals surface area contributed by atoms with Crippen molar-refractivity contribution >= 4 is 12.9 Å². The molecule has 4 heteroatoms. The zero-order valence-corrected chi connectivity index (χ0v) is 8.52. The molecule has 0 N–H and O–H groups in total. The molecule has 0 aromatic carbocycles. The highest BCUT2D eigenvalue weighted by Crippen LogP contribution is 2.01.